The fourth-order valence-electron chi connectivity index (χ4n) is 3.73. The van der Waals surface area contributed by atoms with Crippen molar-refractivity contribution in [2.75, 3.05) is 16.6 Å². The van der Waals surface area contributed by atoms with Gasteiger partial charge in [0.05, 0.1) is 5.75 Å². The van der Waals surface area contributed by atoms with E-state index >= 15 is 0 Å². The van der Waals surface area contributed by atoms with Gasteiger partial charge in [0.2, 0.25) is 5.28 Å². The van der Waals surface area contributed by atoms with Gasteiger partial charge in [0.1, 0.15) is 18.3 Å². The second-order valence-corrected chi connectivity index (χ2v) is 12.7. The minimum atomic E-state index is -4.87. The van der Waals surface area contributed by atoms with E-state index in [1.54, 1.807) is 0 Å². The number of aryl methyl sites for hydroxylation is 1. The zero-order chi connectivity index (χ0) is 25.5. The highest BCUT2D eigenvalue weighted by atomic mass is 35.5. The fourth-order valence-corrected chi connectivity index (χ4v) is 7.15. The van der Waals surface area contributed by atoms with E-state index < -0.39 is 53.2 Å². The number of fused-ring (bicyclic) bond motifs is 1. The molecule has 1 aliphatic rings. The number of aliphatic hydroxyl groups excluding tert-OH is 2. The van der Waals surface area contributed by atoms with Crippen LogP contribution in [0, 0.1) is 6.92 Å². The second-order valence-electron chi connectivity index (χ2n) is 8.14. The quantitative estimate of drug-likeness (QED) is 0.185. The van der Waals surface area contributed by atoms with Crippen LogP contribution < -0.4 is 5.32 Å². The molecule has 0 spiro atoms. The lowest BCUT2D eigenvalue weighted by Gasteiger charge is -2.15. The van der Waals surface area contributed by atoms with Crippen molar-refractivity contribution in [1.82, 2.24) is 25.0 Å². The molecule has 0 bridgehead atoms. The Morgan fingerprint density at radius 3 is 2.66 bits per heavy atom. The summed E-state index contributed by atoms with van der Waals surface area (Å²) >= 11 is 6.07. The summed E-state index contributed by atoms with van der Waals surface area (Å²) in [7, 11) is -9.20. The highest BCUT2D eigenvalue weighted by Gasteiger charge is 2.47. The van der Waals surface area contributed by atoms with Crippen molar-refractivity contribution in [3.63, 3.8) is 0 Å². The largest absolute Gasteiger partial charge is 0.387 e. The first-order valence-corrected chi connectivity index (χ1v) is 14.2. The van der Waals surface area contributed by atoms with Crippen molar-refractivity contribution in [2.45, 2.75) is 38.0 Å². The number of sulfone groups is 1. The maximum Gasteiger partial charge on any atom is 0.340 e. The lowest BCUT2D eigenvalue weighted by atomic mass is 10.1. The summed E-state index contributed by atoms with van der Waals surface area (Å²) in [6.45, 7) is 2.35. The molecule has 1 aromatic carbocycles. The summed E-state index contributed by atoms with van der Waals surface area (Å²) < 4.78 is 41.9. The molecule has 0 saturated carbocycles. The van der Waals surface area contributed by atoms with Crippen LogP contribution in [-0.4, -0.2) is 82.9 Å². The van der Waals surface area contributed by atoms with Crippen LogP contribution in [0.4, 0.5) is 5.82 Å². The highest BCUT2D eigenvalue weighted by Crippen LogP contribution is 2.38. The average Bonchev–Trinajstić information content (AvgIpc) is 3.26. The van der Waals surface area contributed by atoms with Crippen LogP contribution >= 0.6 is 19.2 Å². The monoisotopic (exact) mass is 548 g/mol. The van der Waals surface area contributed by atoms with E-state index in [0.717, 1.165) is 15.8 Å². The third kappa shape index (κ3) is 5.95. The molecule has 14 nitrogen and oxygen atoms in total. The minimum absolute atomic E-state index is 0.0479. The number of aliphatic hydroxyl groups is 2. The maximum absolute atomic E-state index is 12.1. The molecule has 0 amide bonds. The first-order valence-electron chi connectivity index (χ1n) is 10.2. The Morgan fingerprint density at radius 1 is 1.23 bits per heavy atom. The van der Waals surface area contributed by atoms with Gasteiger partial charge in [-0.1, -0.05) is 35.0 Å². The SMILES string of the molecule is Cc1cccc(CNc2nc(Cl)nc3c2nnn3[C@@H]2O[C@H](CS(=O)(=O)CP(=O)(O)O)[C@@H](O)[C@H]2O)c1. The lowest BCUT2D eigenvalue weighted by Crippen LogP contribution is -2.36. The number of hydrogen-bond acceptors (Lipinski definition) is 11. The molecule has 17 heteroatoms. The number of hydrogen-bond donors (Lipinski definition) is 5. The van der Waals surface area contributed by atoms with Gasteiger partial charge in [-0.3, -0.25) is 4.57 Å². The van der Waals surface area contributed by atoms with Crippen LogP contribution in [0.5, 0.6) is 0 Å². The molecule has 3 aromatic rings. The number of aromatic nitrogens is 5. The molecule has 4 rings (SSSR count). The van der Waals surface area contributed by atoms with Gasteiger partial charge in [-0.25, -0.2) is 8.42 Å². The van der Waals surface area contributed by atoms with Crippen molar-refractivity contribution in [3.05, 3.63) is 40.7 Å². The van der Waals surface area contributed by atoms with Gasteiger partial charge < -0.3 is 30.1 Å². The van der Waals surface area contributed by atoms with Crippen LogP contribution in [0.15, 0.2) is 24.3 Å². The van der Waals surface area contributed by atoms with Gasteiger partial charge in [-0.2, -0.15) is 14.6 Å². The van der Waals surface area contributed by atoms with E-state index in [1.807, 2.05) is 31.2 Å². The number of benzene rings is 1. The summed E-state index contributed by atoms with van der Waals surface area (Å²) in [5.41, 5.74) is 0.858. The zero-order valence-electron chi connectivity index (χ0n) is 18.1. The molecule has 35 heavy (non-hydrogen) atoms. The Kier molecular flexibility index (Phi) is 7.14. The Morgan fingerprint density at radius 2 is 1.97 bits per heavy atom. The fraction of sp³-hybridized carbons (Fsp3) is 0.444. The summed E-state index contributed by atoms with van der Waals surface area (Å²) in [6.07, 6.45) is -6.22. The lowest BCUT2D eigenvalue weighted by molar-refractivity contribution is -0.0375. The standard InChI is InChI=1S/C18H22ClN6O8PS/c1-9-3-2-4-10(5-9)6-20-15-12-16(22-18(19)21-15)25(24-23-12)17-14(27)13(26)11(33-17)7-35(31,32)8-34(28,29)30/h2-5,11,13-14,17,26-27H,6-8H2,1H3,(H,20,21,22)(H2,28,29,30)/t11-,13-,14-,17-/m1/s1. The molecule has 0 aliphatic carbocycles. The molecular weight excluding hydrogens is 527 g/mol. The van der Waals surface area contributed by atoms with Gasteiger partial charge in [0.15, 0.2) is 38.5 Å². The van der Waals surface area contributed by atoms with Crippen LogP contribution in [-0.2, 0) is 25.7 Å². The highest BCUT2D eigenvalue weighted by molar-refractivity contribution is 7.97. The Balaban J connectivity index is 1.58. The number of anilines is 1. The van der Waals surface area contributed by atoms with Crippen LogP contribution in [0.3, 0.4) is 0 Å². The normalized spacial score (nSPS) is 23.1. The Bertz CT molecular complexity index is 1400. The van der Waals surface area contributed by atoms with Gasteiger partial charge in [0.25, 0.3) is 0 Å². The van der Waals surface area contributed by atoms with E-state index in [1.165, 1.54) is 0 Å². The summed E-state index contributed by atoms with van der Waals surface area (Å²) in [5.74, 6) is -0.681. The molecule has 5 N–H and O–H groups in total. The van der Waals surface area contributed by atoms with Gasteiger partial charge in [0, 0.05) is 6.54 Å². The molecule has 1 fully saturated rings. The summed E-state index contributed by atoms with van der Waals surface area (Å²) in [4.78, 5) is 26.2. The van der Waals surface area contributed by atoms with E-state index in [0.29, 0.717) is 6.54 Å². The molecule has 1 saturated heterocycles. The first kappa shape index (κ1) is 25.9. The van der Waals surface area contributed by atoms with E-state index in [-0.39, 0.29) is 22.3 Å². The number of halogens is 1. The van der Waals surface area contributed by atoms with E-state index in [4.69, 9.17) is 26.1 Å². The van der Waals surface area contributed by atoms with Crippen molar-refractivity contribution >= 4 is 46.0 Å². The number of ether oxygens (including phenoxy) is 1. The van der Waals surface area contributed by atoms with Crippen molar-refractivity contribution < 1.29 is 37.7 Å². The van der Waals surface area contributed by atoms with Gasteiger partial charge in [-0.05, 0) is 24.1 Å². The van der Waals surface area contributed by atoms with Gasteiger partial charge >= 0.3 is 7.60 Å². The topological polar surface area (TPSA) is 210 Å². The van der Waals surface area contributed by atoms with Crippen LogP contribution in [0.2, 0.25) is 5.28 Å². The second kappa shape index (κ2) is 9.67. The Labute approximate surface area is 204 Å². The number of nitrogens with zero attached hydrogens (tertiary/aromatic N) is 5. The Hall–Kier alpha value is -2.23. The van der Waals surface area contributed by atoms with Crippen LogP contribution in [0.25, 0.3) is 11.2 Å². The molecule has 0 radical (unpaired) electrons. The van der Waals surface area contributed by atoms with Crippen molar-refractivity contribution in [1.29, 1.82) is 0 Å². The van der Waals surface area contributed by atoms with E-state index in [9.17, 15) is 23.2 Å². The zero-order valence-corrected chi connectivity index (χ0v) is 20.6. The molecule has 1 aliphatic heterocycles. The predicted octanol–water partition coefficient (Wildman–Crippen LogP) is -0.0356. The van der Waals surface area contributed by atoms with E-state index in [2.05, 4.69) is 25.6 Å². The smallest absolute Gasteiger partial charge is 0.340 e. The minimum Gasteiger partial charge on any atom is -0.387 e. The molecule has 3 heterocycles. The first-order chi connectivity index (χ1) is 16.3. The molecule has 2 aromatic heterocycles. The molecule has 0 unspecified atom stereocenters. The average molecular weight is 549 g/mol. The predicted molar refractivity (Wildman–Crippen MR) is 123 cm³/mol. The molecular formula is C18H22ClN6O8PS. The van der Waals surface area contributed by atoms with Crippen LogP contribution in [0.1, 0.15) is 17.4 Å². The van der Waals surface area contributed by atoms with Crippen molar-refractivity contribution in [2.24, 2.45) is 0 Å². The number of nitrogens with one attached hydrogen (secondary N) is 1. The van der Waals surface area contributed by atoms with Crippen molar-refractivity contribution in [3.8, 4) is 0 Å². The third-order valence-corrected chi connectivity index (χ3v) is 9.12. The molecule has 4 atom stereocenters. The summed E-state index contributed by atoms with van der Waals surface area (Å²) in [6, 6.07) is 7.77. The molecule has 190 valence electrons. The van der Waals surface area contributed by atoms with Gasteiger partial charge in [-0.15, -0.1) is 5.10 Å². The number of rotatable bonds is 8. The summed E-state index contributed by atoms with van der Waals surface area (Å²) in [5, 5.41) is 31.7. The third-order valence-electron chi connectivity index (χ3n) is 5.20. The maximum atomic E-state index is 12.1.